The molecule has 12 nitrogen and oxygen atoms in total. The van der Waals surface area contributed by atoms with Gasteiger partial charge in [-0.15, -0.1) is 0 Å². The zero-order valence-electron chi connectivity index (χ0n) is 32.4. The molecule has 4 aliphatic rings. The summed E-state index contributed by atoms with van der Waals surface area (Å²) in [4.78, 5) is 56.5. The maximum atomic E-state index is 14.0. The van der Waals surface area contributed by atoms with Gasteiger partial charge in [-0.25, -0.2) is 14.8 Å². The van der Waals surface area contributed by atoms with Gasteiger partial charge in [0.1, 0.15) is 17.7 Å². The van der Waals surface area contributed by atoms with E-state index in [9.17, 15) is 14.4 Å². The van der Waals surface area contributed by atoms with Crippen molar-refractivity contribution in [3.8, 4) is 33.5 Å². The first kappa shape index (κ1) is 36.3. The number of carbonyl (C=O) groups excluding carboxylic acids is 2. The molecule has 2 aliphatic heterocycles. The zero-order valence-corrected chi connectivity index (χ0v) is 32.4. The van der Waals surface area contributed by atoms with Crippen LogP contribution in [0, 0.1) is 18.3 Å². The predicted octanol–water partition coefficient (Wildman–Crippen LogP) is 7.01. The standard InChI is InChI=1S/C44H48N6O6/c1-25(2)38(49-42(53)54-4)41(52)50-24-44(55-17-18-56-44)22-37(50)39-45-23-36(48-39)28-9-7-27(8-10-28)30-12-13-31(34-21-43(20-33(30)34)15-5-6-16-43)29-11-14-35-32(19-29)40(51)47-26(3)46-35/h7-14,19,23,25,37-38H,5-6,15-18,20-22,24H2,1-4H3,(H,45,48)(H,49,53)(H,46,47,51). The summed E-state index contributed by atoms with van der Waals surface area (Å²) in [6, 6.07) is 17.9. The third kappa shape index (κ3) is 6.38. The van der Waals surface area contributed by atoms with Gasteiger partial charge in [0, 0.05) is 6.42 Å². The van der Waals surface area contributed by atoms with Crippen LogP contribution in [-0.2, 0) is 31.8 Å². The maximum Gasteiger partial charge on any atom is 0.407 e. The Balaban J connectivity index is 1.01. The molecule has 2 aromatic heterocycles. The van der Waals surface area contributed by atoms with Crippen LogP contribution >= 0.6 is 0 Å². The molecule has 2 saturated heterocycles. The van der Waals surface area contributed by atoms with Crippen molar-refractivity contribution in [2.75, 3.05) is 26.9 Å². The van der Waals surface area contributed by atoms with Gasteiger partial charge in [0.15, 0.2) is 5.79 Å². The average Bonchev–Trinajstić information content (AvgIpc) is 4.05. The lowest BCUT2D eigenvalue weighted by Gasteiger charge is -2.30. The van der Waals surface area contributed by atoms with E-state index in [4.69, 9.17) is 19.2 Å². The zero-order chi connectivity index (χ0) is 38.8. The Bertz CT molecular complexity index is 2390. The molecule has 3 N–H and O–H groups in total. The van der Waals surface area contributed by atoms with Crippen molar-refractivity contribution in [2.45, 2.75) is 83.6 Å². The van der Waals surface area contributed by atoms with E-state index in [0.29, 0.717) is 47.6 Å². The fourth-order valence-corrected chi connectivity index (χ4v) is 9.73. The fourth-order valence-electron chi connectivity index (χ4n) is 9.73. The van der Waals surface area contributed by atoms with E-state index in [1.165, 1.54) is 55.0 Å². The van der Waals surface area contributed by atoms with Gasteiger partial charge in [0.05, 0.1) is 55.7 Å². The Labute approximate surface area is 325 Å². The topological polar surface area (TPSA) is 152 Å². The van der Waals surface area contributed by atoms with Gasteiger partial charge < -0.3 is 34.4 Å². The molecule has 3 aromatic carbocycles. The first-order chi connectivity index (χ1) is 27.0. The molecule has 9 rings (SSSR count). The lowest BCUT2D eigenvalue weighted by atomic mass is 9.82. The summed E-state index contributed by atoms with van der Waals surface area (Å²) in [6.45, 7) is 6.72. The molecule has 2 amide bonds. The summed E-state index contributed by atoms with van der Waals surface area (Å²) in [5.41, 5.74) is 10.2. The molecular weight excluding hydrogens is 709 g/mol. The van der Waals surface area contributed by atoms with Crippen molar-refractivity contribution < 1.29 is 23.8 Å². The number of ether oxygens (including phenoxy) is 3. The summed E-state index contributed by atoms with van der Waals surface area (Å²) in [5, 5.41) is 3.33. The van der Waals surface area contributed by atoms with E-state index >= 15 is 0 Å². The molecule has 2 unspecified atom stereocenters. The van der Waals surface area contributed by atoms with E-state index in [1.54, 1.807) is 4.90 Å². The lowest BCUT2D eigenvalue weighted by molar-refractivity contribution is -0.153. The van der Waals surface area contributed by atoms with E-state index in [-0.39, 0.29) is 23.9 Å². The van der Waals surface area contributed by atoms with Crippen LogP contribution in [0.25, 0.3) is 44.4 Å². The number of H-pyrrole nitrogens is 2. The molecule has 1 saturated carbocycles. The number of aromatic amines is 2. The van der Waals surface area contributed by atoms with Crippen LogP contribution in [-0.4, -0.2) is 75.5 Å². The van der Waals surface area contributed by atoms with Crippen LogP contribution in [0.3, 0.4) is 0 Å². The number of nitrogens with one attached hydrogen (secondary N) is 3. The molecule has 2 spiro atoms. The van der Waals surface area contributed by atoms with Crippen LogP contribution in [0.2, 0.25) is 0 Å². The second-order valence-electron chi connectivity index (χ2n) is 16.5. The SMILES string of the molecule is COC(=O)NC(C(=O)N1CC2(CC1c1ncc(-c3ccc(-c4ccc(-c5ccc6nc(C)[nH]c(=O)c6c5)c5c4CC4(CCCC4)C5)cc3)[nH]1)OCCO2)C(C)C. The number of likely N-dealkylation sites (tertiary alicyclic amines) is 1. The van der Waals surface area contributed by atoms with Gasteiger partial charge in [0.25, 0.3) is 5.56 Å². The third-order valence-corrected chi connectivity index (χ3v) is 12.5. The summed E-state index contributed by atoms with van der Waals surface area (Å²) in [7, 11) is 1.28. The number of hydrogen-bond acceptors (Lipinski definition) is 8. The second kappa shape index (κ2) is 14.0. The van der Waals surface area contributed by atoms with Gasteiger partial charge in [-0.2, -0.15) is 0 Å². The van der Waals surface area contributed by atoms with Crippen LogP contribution in [0.1, 0.15) is 74.8 Å². The van der Waals surface area contributed by atoms with Gasteiger partial charge in [0.2, 0.25) is 5.91 Å². The molecule has 0 radical (unpaired) electrons. The number of alkyl carbamates (subject to hydrolysis) is 1. The minimum Gasteiger partial charge on any atom is -0.453 e. The van der Waals surface area contributed by atoms with E-state index in [0.717, 1.165) is 35.2 Å². The highest BCUT2D eigenvalue weighted by molar-refractivity contribution is 5.88. The molecule has 5 aromatic rings. The third-order valence-electron chi connectivity index (χ3n) is 12.5. The Morgan fingerprint density at radius 1 is 0.929 bits per heavy atom. The summed E-state index contributed by atoms with van der Waals surface area (Å²) >= 11 is 0. The Morgan fingerprint density at radius 2 is 1.59 bits per heavy atom. The molecule has 2 aliphatic carbocycles. The first-order valence-electron chi connectivity index (χ1n) is 19.8. The van der Waals surface area contributed by atoms with E-state index in [1.807, 2.05) is 39.1 Å². The quantitative estimate of drug-likeness (QED) is 0.161. The fraction of sp³-hybridized carbons (Fsp3) is 0.432. The maximum absolute atomic E-state index is 14.0. The number of rotatable bonds is 7. The number of aromatic nitrogens is 4. The second-order valence-corrected chi connectivity index (χ2v) is 16.5. The van der Waals surface area contributed by atoms with Crippen LogP contribution < -0.4 is 10.9 Å². The Kier molecular flexibility index (Phi) is 9.08. The largest absolute Gasteiger partial charge is 0.453 e. The number of carbonyl (C=O) groups is 2. The van der Waals surface area contributed by atoms with Crippen LogP contribution in [0.5, 0.6) is 0 Å². The molecule has 290 valence electrons. The number of methoxy groups -OCH3 is 1. The molecule has 0 bridgehead atoms. The molecular formula is C44H48N6O6. The minimum atomic E-state index is -0.920. The number of fused-ring (bicyclic) bond motifs is 2. The number of imidazole rings is 1. The van der Waals surface area contributed by atoms with Crippen molar-refractivity contribution in [3.05, 3.63) is 93.9 Å². The van der Waals surface area contributed by atoms with Crippen LogP contribution in [0.15, 0.2) is 65.6 Å². The van der Waals surface area contributed by atoms with Crippen molar-refractivity contribution >= 4 is 22.9 Å². The normalized spacial score (nSPS) is 20.0. The summed E-state index contributed by atoms with van der Waals surface area (Å²) < 4.78 is 16.9. The molecule has 2 atom stereocenters. The number of hydrogen-bond donors (Lipinski definition) is 3. The van der Waals surface area contributed by atoms with Crippen LogP contribution in [0.4, 0.5) is 4.79 Å². The highest BCUT2D eigenvalue weighted by Gasteiger charge is 2.53. The highest BCUT2D eigenvalue weighted by atomic mass is 16.7. The number of nitrogens with zero attached hydrogens (tertiary/aromatic N) is 3. The lowest BCUT2D eigenvalue weighted by Crippen LogP contribution is -2.52. The average molecular weight is 757 g/mol. The summed E-state index contributed by atoms with van der Waals surface area (Å²) in [6.07, 6.45) is 8.70. The van der Waals surface area contributed by atoms with Gasteiger partial charge in [-0.1, -0.05) is 69.2 Å². The van der Waals surface area contributed by atoms with E-state index in [2.05, 4.69) is 62.7 Å². The Hall–Kier alpha value is -5.33. The molecule has 3 fully saturated rings. The van der Waals surface area contributed by atoms with Crippen molar-refractivity contribution in [1.29, 1.82) is 0 Å². The van der Waals surface area contributed by atoms with Gasteiger partial charge in [-0.3, -0.25) is 9.59 Å². The predicted molar refractivity (Wildman–Crippen MR) is 212 cm³/mol. The number of amides is 2. The summed E-state index contributed by atoms with van der Waals surface area (Å²) in [5.74, 6) is -0.0958. The Morgan fingerprint density at radius 3 is 2.27 bits per heavy atom. The van der Waals surface area contributed by atoms with Crippen molar-refractivity contribution in [2.24, 2.45) is 11.3 Å². The van der Waals surface area contributed by atoms with Crippen molar-refractivity contribution in [3.63, 3.8) is 0 Å². The highest BCUT2D eigenvalue weighted by Crippen LogP contribution is 2.53. The number of aryl methyl sites for hydroxylation is 1. The van der Waals surface area contributed by atoms with E-state index < -0.39 is 24.0 Å². The molecule has 56 heavy (non-hydrogen) atoms. The first-order valence-corrected chi connectivity index (χ1v) is 19.8. The monoisotopic (exact) mass is 756 g/mol. The van der Waals surface area contributed by atoms with Gasteiger partial charge >= 0.3 is 6.09 Å². The smallest absolute Gasteiger partial charge is 0.407 e. The van der Waals surface area contributed by atoms with Crippen molar-refractivity contribution in [1.82, 2.24) is 30.2 Å². The molecule has 12 heteroatoms. The number of benzene rings is 3. The molecule has 4 heterocycles. The van der Waals surface area contributed by atoms with Gasteiger partial charge in [-0.05, 0) is 95.0 Å². The minimum absolute atomic E-state index is 0.109.